The Kier molecular flexibility index (Phi) is 7.33. The molecule has 2 aromatic rings. The summed E-state index contributed by atoms with van der Waals surface area (Å²) in [5, 5.41) is 13.7. The van der Waals surface area contributed by atoms with Gasteiger partial charge in [0.15, 0.2) is 0 Å². The number of nitrogens with zero attached hydrogens (tertiary/aromatic N) is 3. The van der Waals surface area contributed by atoms with Gasteiger partial charge in [0.25, 0.3) is 23.4 Å². The standard InChI is InChI=1S/C22H17Br2Cl2N3O5/c23-16-8-14-15(9-17(16)24)22(32)28(21(14)31)27(10-11-4-5-18(25)19(26)6-11)20(30)12-2-1-3-13(7-12)29(33)34/h1-7,14-17H,8-10H2/t14-,15+,16+,17-. The zero-order valence-electron chi connectivity index (χ0n) is 17.4. The van der Waals surface area contributed by atoms with Crippen molar-refractivity contribution >= 4 is 78.5 Å². The Hall–Kier alpha value is -2.01. The van der Waals surface area contributed by atoms with Gasteiger partial charge in [-0.2, -0.15) is 5.01 Å². The maximum Gasteiger partial charge on any atom is 0.273 e. The molecule has 3 amide bonds. The highest BCUT2D eigenvalue weighted by Crippen LogP contribution is 2.44. The molecule has 2 aromatic carbocycles. The predicted octanol–water partition coefficient (Wildman–Crippen LogP) is 5.38. The minimum absolute atomic E-state index is 0.00134. The number of nitro benzene ring substituents is 1. The molecule has 178 valence electrons. The zero-order valence-corrected chi connectivity index (χ0v) is 22.1. The third-order valence-electron chi connectivity index (χ3n) is 5.98. The van der Waals surface area contributed by atoms with Crippen LogP contribution in [0.25, 0.3) is 0 Å². The Morgan fingerprint density at radius 2 is 1.65 bits per heavy atom. The minimum atomic E-state index is -0.721. The van der Waals surface area contributed by atoms with Crippen LogP contribution in [-0.4, -0.2) is 42.3 Å². The van der Waals surface area contributed by atoms with Crippen LogP contribution in [0.3, 0.4) is 0 Å². The number of amides is 3. The maximum absolute atomic E-state index is 13.6. The summed E-state index contributed by atoms with van der Waals surface area (Å²) in [7, 11) is 0. The number of carbonyl (C=O) groups excluding carboxylic acids is 3. The van der Waals surface area contributed by atoms with Crippen LogP contribution >= 0.6 is 55.1 Å². The normalized spacial score (nSPS) is 24.2. The number of hydrazine groups is 1. The first-order valence-corrected chi connectivity index (χ1v) is 12.8. The van der Waals surface area contributed by atoms with Crippen LogP contribution in [0.15, 0.2) is 42.5 Å². The smallest absolute Gasteiger partial charge is 0.272 e. The van der Waals surface area contributed by atoms with Crippen molar-refractivity contribution in [3.8, 4) is 0 Å². The predicted molar refractivity (Wildman–Crippen MR) is 133 cm³/mol. The average Bonchev–Trinajstić information content (AvgIpc) is 3.03. The number of carbonyl (C=O) groups is 3. The zero-order chi connectivity index (χ0) is 24.7. The van der Waals surface area contributed by atoms with Gasteiger partial charge in [-0.25, -0.2) is 5.01 Å². The molecule has 34 heavy (non-hydrogen) atoms. The average molecular weight is 634 g/mol. The highest BCUT2D eigenvalue weighted by molar-refractivity contribution is 9.12. The molecular weight excluding hydrogens is 617 g/mol. The van der Waals surface area contributed by atoms with Gasteiger partial charge in [0.2, 0.25) is 0 Å². The van der Waals surface area contributed by atoms with Crippen LogP contribution in [0.1, 0.15) is 28.8 Å². The first-order chi connectivity index (χ1) is 16.1. The van der Waals surface area contributed by atoms with Crippen molar-refractivity contribution in [2.45, 2.75) is 29.0 Å². The highest BCUT2D eigenvalue weighted by Gasteiger charge is 2.54. The summed E-state index contributed by atoms with van der Waals surface area (Å²) in [4.78, 5) is 50.9. The van der Waals surface area contributed by atoms with Crippen molar-refractivity contribution in [1.29, 1.82) is 0 Å². The second kappa shape index (κ2) is 9.93. The van der Waals surface area contributed by atoms with Crippen LogP contribution in [0.4, 0.5) is 5.69 Å². The number of nitro groups is 1. The number of hydrogen-bond donors (Lipinski definition) is 0. The van der Waals surface area contributed by atoms with Gasteiger partial charge in [-0.1, -0.05) is 67.2 Å². The number of rotatable bonds is 5. The number of benzene rings is 2. The molecule has 8 nitrogen and oxygen atoms in total. The van der Waals surface area contributed by atoms with E-state index < -0.39 is 34.5 Å². The third-order valence-corrected chi connectivity index (χ3v) is 9.46. The lowest BCUT2D eigenvalue weighted by molar-refractivity contribution is -0.384. The van der Waals surface area contributed by atoms with Crippen molar-refractivity contribution < 1.29 is 19.3 Å². The topological polar surface area (TPSA) is 101 Å². The van der Waals surface area contributed by atoms with E-state index in [0.29, 0.717) is 23.4 Å². The van der Waals surface area contributed by atoms with E-state index >= 15 is 0 Å². The van der Waals surface area contributed by atoms with Gasteiger partial charge < -0.3 is 0 Å². The molecule has 0 N–H and O–H groups in total. The number of non-ortho nitro benzene ring substituents is 1. The molecule has 2 aliphatic rings. The van der Waals surface area contributed by atoms with E-state index in [1.54, 1.807) is 18.2 Å². The molecule has 4 atom stereocenters. The molecule has 4 rings (SSSR count). The van der Waals surface area contributed by atoms with Crippen LogP contribution < -0.4 is 0 Å². The van der Waals surface area contributed by atoms with E-state index in [0.717, 1.165) is 16.1 Å². The lowest BCUT2D eigenvalue weighted by atomic mass is 9.81. The fraction of sp³-hybridized carbons (Fsp3) is 0.318. The van der Waals surface area contributed by atoms with Crippen molar-refractivity contribution in [2.75, 3.05) is 0 Å². The molecule has 1 saturated heterocycles. The fourth-order valence-electron chi connectivity index (χ4n) is 4.26. The number of imide groups is 1. The summed E-state index contributed by atoms with van der Waals surface area (Å²) >= 11 is 19.2. The summed E-state index contributed by atoms with van der Waals surface area (Å²) in [6, 6.07) is 9.87. The van der Waals surface area contributed by atoms with E-state index in [1.807, 2.05) is 0 Å². The summed E-state index contributed by atoms with van der Waals surface area (Å²) in [5.74, 6) is -2.81. The van der Waals surface area contributed by atoms with Gasteiger partial charge in [0.1, 0.15) is 0 Å². The second-order valence-corrected chi connectivity index (χ2v) is 11.3. The van der Waals surface area contributed by atoms with Crippen LogP contribution in [0.2, 0.25) is 10.0 Å². The highest BCUT2D eigenvalue weighted by atomic mass is 79.9. The molecule has 12 heteroatoms. The summed E-state index contributed by atoms with van der Waals surface area (Å²) in [5.41, 5.74) is 0.221. The van der Waals surface area contributed by atoms with Gasteiger partial charge in [-0.3, -0.25) is 24.5 Å². The summed E-state index contributed by atoms with van der Waals surface area (Å²) in [6.07, 6.45) is 0.876. The first-order valence-electron chi connectivity index (χ1n) is 10.2. The third kappa shape index (κ3) is 4.73. The van der Waals surface area contributed by atoms with Crippen molar-refractivity contribution in [1.82, 2.24) is 10.0 Å². The van der Waals surface area contributed by atoms with Crippen LogP contribution in [0, 0.1) is 22.0 Å². The number of hydrogen-bond acceptors (Lipinski definition) is 5. The summed E-state index contributed by atoms with van der Waals surface area (Å²) < 4.78 is 0. The van der Waals surface area contributed by atoms with Gasteiger partial charge in [-0.05, 0) is 36.6 Å². The number of alkyl halides is 2. The Morgan fingerprint density at radius 1 is 1.03 bits per heavy atom. The van der Waals surface area contributed by atoms with Crippen LogP contribution in [0.5, 0.6) is 0 Å². The molecule has 1 saturated carbocycles. The molecule has 0 aromatic heterocycles. The molecule has 0 unspecified atom stereocenters. The largest absolute Gasteiger partial charge is 0.273 e. The Balaban J connectivity index is 1.74. The van der Waals surface area contributed by atoms with Crippen molar-refractivity contribution in [3.05, 3.63) is 73.8 Å². The van der Waals surface area contributed by atoms with E-state index in [9.17, 15) is 24.5 Å². The molecule has 1 heterocycles. The lowest BCUT2D eigenvalue weighted by Crippen LogP contribution is -2.49. The molecule has 2 fully saturated rings. The monoisotopic (exact) mass is 631 g/mol. The van der Waals surface area contributed by atoms with Gasteiger partial charge in [0.05, 0.1) is 33.3 Å². The maximum atomic E-state index is 13.6. The first kappa shape index (κ1) is 25.1. The Labute approximate surface area is 221 Å². The van der Waals surface area contributed by atoms with Crippen LogP contribution in [-0.2, 0) is 16.1 Å². The molecule has 1 aliphatic heterocycles. The van der Waals surface area contributed by atoms with E-state index in [4.69, 9.17) is 23.2 Å². The van der Waals surface area contributed by atoms with Gasteiger partial charge in [0, 0.05) is 27.4 Å². The molecule has 0 radical (unpaired) electrons. The molecular formula is C22H17Br2Cl2N3O5. The SMILES string of the molecule is O=C(c1cccc([N+](=O)[O-])c1)N(Cc1ccc(Cl)c(Cl)c1)N1C(=O)[C@H]2C[C@@H](Br)[C@@H](Br)C[C@H]2C1=O. The van der Waals surface area contributed by atoms with E-state index in [-0.39, 0.29) is 32.5 Å². The molecule has 0 spiro atoms. The van der Waals surface area contributed by atoms with Gasteiger partial charge in [-0.15, -0.1) is 0 Å². The van der Waals surface area contributed by atoms with Crippen molar-refractivity contribution in [3.63, 3.8) is 0 Å². The molecule has 0 bridgehead atoms. The minimum Gasteiger partial charge on any atom is -0.272 e. The number of halogens is 4. The second-order valence-electron chi connectivity index (χ2n) is 8.12. The quantitative estimate of drug-likeness (QED) is 0.190. The number of fused-ring (bicyclic) bond motifs is 1. The summed E-state index contributed by atoms with van der Waals surface area (Å²) in [6.45, 7) is -0.162. The van der Waals surface area contributed by atoms with E-state index in [2.05, 4.69) is 31.9 Å². The Morgan fingerprint density at radius 3 is 2.21 bits per heavy atom. The lowest BCUT2D eigenvalue weighted by Gasteiger charge is -2.30. The molecule has 1 aliphatic carbocycles. The van der Waals surface area contributed by atoms with E-state index in [1.165, 1.54) is 18.2 Å². The van der Waals surface area contributed by atoms with Gasteiger partial charge >= 0.3 is 0 Å². The fourth-order valence-corrected chi connectivity index (χ4v) is 5.82. The van der Waals surface area contributed by atoms with Crippen molar-refractivity contribution in [2.24, 2.45) is 11.8 Å². The Bertz CT molecular complexity index is 1170.